The number of benzene rings is 2. The zero-order chi connectivity index (χ0) is 39.3. The van der Waals surface area contributed by atoms with Crippen LogP contribution in [0.15, 0.2) is 109 Å². The molecule has 0 radical (unpaired) electrons. The number of anilines is 6. The van der Waals surface area contributed by atoms with Crippen LogP contribution in [0.25, 0.3) is 42.2 Å². The second-order valence-corrected chi connectivity index (χ2v) is 16.4. The first-order chi connectivity index (χ1) is 28.5. The van der Waals surface area contributed by atoms with Crippen LogP contribution in [0.3, 0.4) is 0 Å². The van der Waals surface area contributed by atoms with Gasteiger partial charge < -0.3 is 31.2 Å². The molecule has 8 N–H and O–H groups in total. The summed E-state index contributed by atoms with van der Waals surface area (Å²) >= 11 is 6.00. The molecule has 8 aromatic heterocycles. The number of amides is 4. The molecule has 0 unspecified atom stereocenters. The van der Waals surface area contributed by atoms with E-state index in [4.69, 9.17) is 0 Å². The van der Waals surface area contributed by atoms with Crippen molar-refractivity contribution in [3.8, 4) is 0 Å². The quantitative estimate of drug-likeness (QED) is 0.0652. The summed E-state index contributed by atoms with van der Waals surface area (Å²) in [6.45, 7) is 1.12. The number of thiophene rings is 2. The average Bonchev–Trinajstić information content (AvgIpc) is 4.09. The van der Waals surface area contributed by atoms with Crippen molar-refractivity contribution in [3.05, 3.63) is 119 Å². The molecule has 2 aromatic carbocycles. The van der Waals surface area contributed by atoms with Crippen LogP contribution in [0.5, 0.6) is 0 Å². The Labute approximate surface area is 344 Å². The predicted octanol–water partition coefficient (Wildman–Crippen LogP) is 9.77. The summed E-state index contributed by atoms with van der Waals surface area (Å²) in [6, 6.07) is 18.7. The summed E-state index contributed by atoms with van der Waals surface area (Å²) in [6.07, 6.45) is 10.3. The van der Waals surface area contributed by atoms with Crippen LogP contribution < -0.4 is 31.9 Å². The Morgan fingerprint density at radius 2 is 1.17 bits per heavy atom. The number of aromatic amines is 2. The third-order valence-corrected chi connectivity index (χ3v) is 12.1. The second kappa shape index (κ2) is 16.6. The smallest absolute Gasteiger partial charge is 0.325 e. The molecule has 0 saturated heterocycles. The first-order valence-corrected chi connectivity index (χ1v) is 20.9. The Morgan fingerprint density at radius 3 is 1.83 bits per heavy atom. The number of aromatic nitrogens is 8. The molecule has 8 heterocycles. The van der Waals surface area contributed by atoms with Crippen molar-refractivity contribution in [1.82, 2.24) is 39.9 Å². The van der Waals surface area contributed by atoms with Crippen LogP contribution in [-0.2, 0) is 13.1 Å². The Hall–Kier alpha value is -7.00. The van der Waals surface area contributed by atoms with Crippen LogP contribution in [0.2, 0.25) is 0 Å². The third kappa shape index (κ3) is 8.25. The number of nitrogens with zero attached hydrogens (tertiary/aromatic N) is 6. The van der Waals surface area contributed by atoms with E-state index in [0.717, 1.165) is 63.6 Å². The van der Waals surface area contributed by atoms with Crippen molar-refractivity contribution < 1.29 is 9.59 Å². The average molecular weight is 843 g/mol. The lowest BCUT2D eigenvalue weighted by molar-refractivity contribution is 0.261. The van der Waals surface area contributed by atoms with E-state index in [1.165, 1.54) is 22.7 Å². The predicted molar refractivity (Wildman–Crippen MR) is 236 cm³/mol. The highest BCUT2D eigenvalue weighted by Crippen LogP contribution is 2.28. The standard InChI is InChI=1S/2C19H15N7OS2/c27-18(25-14-3-1-2-11-4-6-20-15(11)14)26-19-22-9-12(29-19)8-21-16-13-5-7-28-17(13)24-10-23-16;27-18(25-13-3-1-2-11-4-6-20-15(11)13)26-19-22-9-12(29-19)8-21-17-16-14(5-7-28-16)23-10-24-17/h2*1-7,9-10,20H,8H2,(H,21,23,24)(H2,22,25,26,27). The fourth-order valence-electron chi connectivity index (χ4n) is 5.96. The first kappa shape index (κ1) is 36.6. The summed E-state index contributed by atoms with van der Waals surface area (Å²) < 4.78 is 1.02. The molecular weight excluding hydrogens is 813 g/mol. The number of nitrogens with one attached hydrogen (secondary N) is 8. The number of fused-ring (bicyclic) bond motifs is 4. The van der Waals surface area contributed by atoms with Crippen LogP contribution >= 0.6 is 45.3 Å². The number of thiazole rings is 2. The van der Waals surface area contributed by atoms with Crippen LogP contribution in [0.1, 0.15) is 9.75 Å². The number of hydrogen-bond acceptors (Lipinski definition) is 14. The van der Waals surface area contributed by atoms with E-state index in [1.807, 2.05) is 83.8 Å². The maximum absolute atomic E-state index is 12.4. The number of urea groups is 2. The van der Waals surface area contributed by atoms with Gasteiger partial charge in [-0.3, -0.25) is 10.6 Å². The summed E-state index contributed by atoms with van der Waals surface area (Å²) in [5.41, 5.74) is 4.12. The van der Waals surface area contributed by atoms with E-state index >= 15 is 0 Å². The first-order valence-electron chi connectivity index (χ1n) is 17.5. The van der Waals surface area contributed by atoms with Crippen molar-refractivity contribution in [3.63, 3.8) is 0 Å². The zero-order valence-corrected chi connectivity index (χ0v) is 33.2. The Morgan fingerprint density at radius 1 is 0.586 bits per heavy atom. The van der Waals surface area contributed by atoms with Gasteiger partial charge in [-0.15, -0.1) is 22.7 Å². The number of carbonyl (C=O) groups is 2. The van der Waals surface area contributed by atoms with Gasteiger partial charge in [0, 0.05) is 45.3 Å². The molecule has 0 spiro atoms. The van der Waals surface area contributed by atoms with Crippen LogP contribution in [0, 0.1) is 0 Å². The number of rotatable bonds is 10. The molecule has 16 nitrogen and oxygen atoms in total. The van der Waals surface area contributed by atoms with Gasteiger partial charge in [0.05, 0.1) is 51.1 Å². The maximum atomic E-state index is 12.4. The summed E-state index contributed by atoms with van der Waals surface area (Å²) in [5, 5.41) is 26.0. The second-order valence-electron chi connectivity index (χ2n) is 12.3. The molecule has 0 aliphatic carbocycles. The fourth-order valence-corrected chi connectivity index (χ4v) is 9.00. The Kier molecular flexibility index (Phi) is 10.5. The molecular formula is C38H30N14O2S4. The number of carbonyl (C=O) groups excluding carboxylic acids is 2. The van der Waals surface area contributed by atoms with Crippen LogP contribution in [-0.4, -0.2) is 51.9 Å². The zero-order valence-electron chi connectivity index (χ0n) is 29.9. The van der Waals surface area contributed by atoms with E-state index in [1.54, 1.807) is 47.7 Å². The van der Waals surface area contributed by atoms with Gasteiger partial charge in [-0.05, 0) is 47.2 Å². The van der Waals surface area contributed by atoms with Gasteiger partial charge in [0.15, 0.2) is 10.3 Å². The Balaban J connectivity index is 0.000000150. The van der Waals surface area contributed by atoms with E-state index in [-0.39, 0.29) is 12.1 Å². The molecule has 0 aliphatic rings. The van der Waals surface area contributed by atoms with Crippen molar-refractivity contribution in [1.29, 1.82) is 0 Å². The lowest BCUT2D eigenvalue weighted by Gasteiger charge is -2.06. The summed E-state index contributed by atoms with van der Waals surface area (Å²) in [4.78, 5) is 59.5. The maximum Gasteiger partial charge on any atom is 0.325 e. The van der Waals surface area contributed by atoms with E-state index in [0.29, 0.717) is 34.7 Å². The molecule has 0 aliphatic heterocycles. The molecule has 4 amide bonds. The number of para-hydroxylation sites is 2. The highest BCUT2D eigenvalue weighted by atomic mass is 32.1. The van der Waals surface area contributed by atoms with E-state index < -0.39 is 0 Å². The van der Waals surface area contributed by atoms with Crippen molar-refractivity contribution in [2.45, 2.75) is 13.1 Å². The highest BCUT2D eigenvalue weighted by molar-refractivity contribution is 7.18. The summed E-state index contributed by atoms with van der Waals surface area (Å²) in [7, 11) is 0. The third-order valence-electron chi connectivity index (χ3n) is 8.58. The molecule has 0 fully saturated rings. The van der Waals surface area contributed by atoms with Gasteiger partial charge in [0.2, 0.25) is 0 Å². The van der Waals surface area contributed by atoms with Gasteiger partial charge in [-0.2, -0.15) is 0 Å². The molecule has 10 aromatic rings. The molecule has 0 bridgehead atoms. The van der Waals surface area contributed by atoms with Crippen LogP contribution in [0.4, 0.5) is 42.9 Å². The lowest BCUT2D eigenvalue weighted by Crippen LogP contribution is -2.19. The van der Waals surface area contributed by atoms with Crippen molar-refractivity contribution in [2.24, 2.45) is 0 Å². The largest absolute Gasteiger partial charge is 0.364 e. The fraction of sp³-hybridized carbons (Fsp3) is 0.0526. The van der Waals surface area contributed by atoms with Gasteiger partial charge in [0.1, 0.15) is 29.1 Å². The number of hydrogen-bond donors (Lipinski definition) is 8. The monoisotopic (exact) mass is 842 g/mol. The molecule has 288 valence electrons. The lowest BCUT2D eigenvalue weighted by atomic mass is 10.2. The molecule has 20 heteroatoms. The van der Waals surface area contributed by atoms with Gasteiger partial charge in [-0.25, -0.2) is 39.5 Å². The normalized spacial score (nSPS) is 11.0. The van der Waals surface area contributed by atoms with Crippen molar-refractivity contribution >= 4 is 133 Å². The molecule has 0 atom stereocenters. The molecule has 10 rings (SSSR count). The highest BCUT2D eigenvalue weighted by Gasteiger charge is 2.13. The van der Waals surface area contributed by atoms with Gasteiger partial charge in [-0.1, -0.05) is 46.9 Å². The van der Waals surface area contributed by atoms with E-state index in [2.05, 4.69) is 71.8 Å². The minimum atomic E-state index is -0.336. The topological polar surface area (TPSA) is 215 Å². The van der Waals surface area contributed by atoms with Gasteiger partial charge in [0.25, 0.3) is 0 Å². The Bertz CT molecular complexity index is 2810. The SMILES string of the molecule is O=C(Nc1ncc(CNc2ncnc3ccsc23)s1)Nc1cccc2cc[nH]c12.O=C(Nc1ncc(CNc2ncnc3sccc23)s1)Nc1cccc2cc[nH]c12. The molecule has 0 saturated carbocycles. The van der Waals surface area contributed by atoms with E-state index in [9.17, 15) is 9.59 Å². The number of H-pyrrole nitrogens is 2. The minimum Gasteiger partial charge on any atom is -0.364 e. The van der Waals surface area contributed by atoms with Gasteiger partial charge >= 0.3 is 12.1 Å². The minimum absolute atomic E-state index is 0.336. The molecule has 58 heavy (non-hydrogen) atoms. The van der Waals surface area contributed by atoms with Crippen molar-refractivity contribution in [2.75, 3.05) is 31.9 Å². The summed E-state index contributed by atoms with van der Waals surface area (Å²) in [5.74, 6) is 1.58.